The molecule has 0 heteroatoms. The maximum Gasteiger partial charge on any atom is -0.00498 e. The molecule has 0 aromatic heterocycles. The van der Waals surface area contributed by atoms with Crippen molar-refractivity contribution in [3.05, 3.63) is 35.9 Å². The average Bonchev–Trinajstić information content (AvgIpc) is 2.39. The van der Waals surface area contributed by atoms with Crippen LogP contribution in [0.3, 0.4) is 0 Å². The van der Waals surface area contributed by atoms with Gasteiger partial charge in [-0.15, -0.1) is 0 Å². The molecular formula is C17H28. The topological polar surface area (TPSA) is 0 Å². The van der Waals surface area contributed by atoms with Crippen LogP contribution in [0.5, 0.6) is 0 Å². The first-order valence-corrected chi connectivity index (χ1v) is 7.20. The summed E-state index contributed by atoms with van der Waals surface area (Å²) in [6, 6.07) is 11.1. The highest BCUT2D eigenvalue weighted by atomic mass is 14.3. The van der Waals surface area contributed by atoms with Gasteiger partial charge in [0.05, 0.1) is 0 Å². The summed E-state index contributed by atoms with van der Waals surface area (Å²) in [7, 11) is 0. The Bertz CT molecular complexity index is 301. The van der Waals surface area contributed by atoms with Crippen LogP contribution in [0.4, 0.5) is 0 Å². The van der Waals surface area contributed by atoms with Crippen molar-refractivity contribution in [1.82, 2.24) is 0 Å². The summed E-state index contributed by atoms with van der Waals surface area (Å²) in [5, 5.41) is 0. The normalized spacial score (nSPS) is 16.5. The Morgan fingerprint density at radius 2 is 1.71 bits per heavy atom. The lowest BCUT2D eigenvalue weighted by Crippen LogP contribution is -2.30. The van der Waals surface area contributed by atoms with Crippen molar-refractivity contribution >= 4 is 0 Å². The van der Waals surface area contributed by atoms with Gasteiger partial charge >= 0.3 is 0 Å². The molecule has 1 aromatic carbocycles. The van der Waals surface area contributed by atoms with Crippen molar-refractivity contribution in [3.63, 3.8) is 0 Å². The largest absolute Gasteiger partial charge is 0.0654 e. The minimum atomic E-state index is 0.352. The van der Waals surface area contributed by atoms with E-state index in [4.69, 9.17) is 0 Å². The highest BCUT2D eigenvalue weighted by Gasteiger charge is 2.31. The van der Waals surface area contributed by atoms with Crippen molar-refractivity contribution in [2.75, 3.05) is 0 Å². The lowest BCUT2D eigenvalue weighted by Gasteiger charge is -2.36. The number of benzene rings is 1. The van der Waals surface area contributed by atoms with Gasteiger partial charge in [0, 0.05) is 0 Å². The van der Waals surface area contributed by atoms with Crippen LogP contribution in [0, 0.1) is 5.92 Å². The third-order valence-corrected chi connectivity index (χ3v) is 4.43. The van der Waals surface area contributed by atoms with E-state index in [1.54, 1.807) is 0 Å². The zero-order chi connectivity index (χ0) is 12.7. The van der Waals surface area contributed by atoms with Crippen molar-refractivity contribution < 1.29 is 0 Å². The lowest BCUT2D eigenvalue weighted by atomic mass is 9.68. The molecule has 1 rings (SSSR count). The van der Waals surface area contributed by atoms with Crippen LogP contribution >= 0.6 is 0 Å². The standard InChI is InChI=1S/C17H28/c1-5-7-11-14-17(4,15(3)6-2)16-12-9-8-10-13-16/h8-10,12-13,15H,5-7,11,14H2,1-4H3. The fourth-order valence-electron chi connectivity index (χ4n) is 2.69. The summed E-state index contributed by atoms with van der Waals surface area (Å²) in [4.78, 5) is 0. The highest BCUT2D eigenvalue weighted by Crippen LogP contribution is 2.38. The van der Waals surface area contributed by atoms with E-state index in [-0.39, 0.29) is 0 Å². The highest BCUT2D eigenvalue weighted by molar-refractivity contribution is 5.25. The smallest absolute Gasteiger partial charge is 0.00498 e. The van der Waals surface area contributed by atoms with Crippen LogP contribution in [0.15, 0.2) is 30.3 Å². The molecule has 1 aromatic rings. The van der Waals surface area contributed by atoms with Gasteiger partial charge in [0.25, 0.3) is 0 Å². The van der Waals surface area contributed by atoms with Gasteiger partial charge in [-0.3, -0.25) is 0 Å². The molecule has 0 N–H and O–H groups in total. The first-order valence-electron chi connectivity index (χ1n) is 7.20. The summed E-state index contributed by atoms with van der Waals surface area (Å²) in [6.07, 6.45) is 6.61. The molecule has 0 aliphatic rings. The van der Waals surface area contributed by atoms with E-state index in [9.17, 15) is 0 Å². The number of hydrogen-bond acceptors (Lipinski definition) is 0. The minimum absolute atomic E-state index is 0.352. The van der Waals surface area contributed by atoms with E-state index >= 15 is 0 Å². The first-order chi connectivity index (χ1) is 8.15. The van der Waals surface area contributed by atoms with Gasteiger partial charge in [0.1, 0.15) is 0 Å². The van der Waals surface area contributed by atoms with Crippen LogP contribution in [-0.2, 0) is 5.41 Å². The van der Waals surface area contributed by atoms with Crippen molar-refractivity contribution in [2.24, 2.45) is 5.92 Å². The molecule has 0 bridgehead atoms. The molecule has 0 fully saturated rings. The Morgan fingerprint density at radius 1 is 1.06 bits per heavy atom. The molecule has 17 heavy (non-hydrogen) atoms. The van der Waals surface area contributed by atoms with Crippen LogP contribution in [0.2, 0.25) is 0 Å². The number of unbranched alkanes of at least 4 members (excludes halogenated alkanes) is 2. The minimum Gasteiger partial charge on any atom is -0.0654 e. The predicted octanol–water partition coefficient (Wildman–Crippen LogP) is 5.57. The summed E-state index contributed by atoms with van der Waals surface area (Å²) in [5.74, 6) is 0.752. The van der Waals surface area contributed by atoms with Gasteiger partial charge in [0.15, 0.2) is 0 Å². The van der Waals surface area contributed by atoms with Gasteiger partial charge in [-0.25, -0.2) is 0 Å². The Hall–Kier alpha value is -0.780. The second-order valence-electron chi connectivity index (χ2n) is 5.55. The zero-order valence-corrected chi connectivity index (χ0v) is 12.0. The van der Waals surface area contributed by atoms with Crippen LogP contribution < -0.4 is 0 Å². The summed E-state index contributed by atoms with van der Waals surface area (Å²) >= 11 is 0. The molecule has 2 atom stereocenters. The molecule has 0 amide bonds. The summed E-state index contributed by atoms with van der Waals surface area (Å²) < 4.78 is 0. The fraction of sp³-hybridized carbons (Fsp3) is 0.647. The van der Waals surface area contributed by atoms with Crippen molar-refractivity contribution in [1.29, 1.82) is 0 Å². The molecule has 0 aliphatic heterocycles. The third-order valence-electron chi connectivity index (χ3n) is 4.43. The third kappa shape index (κ3) is 3.59. The monoisotopic (exact) mass is 232 g/mol. The molecule has 0 heterocycles. The van der Waals surface area contributed by atoms with E-state index in [0.29, 0.717) is 5.41 Å². The summed E-state index contributed by atoms with van der Waals surface area (Å²) in [5.41, 5.74) is 1.87. The van der Waals surface area contributed by atoms with E-state index in [0.717, 1.165) is 5.92 Å². The van der Waals surface area contributed by atoms with Crippen LogP contribution in [0.1, 0.15) is 65.4 Å². The molecule has 96 valence electrons. The van der Waals surface area contributed by atoms with Gasteiger partial charge in [-0.2, -0.15) is 0 Å². The molecule has 0 aliphatic carbocycles. The number of hydrogen-bond donors (Lipinski definition) is 0. The van der Waals surface area contributed by atoms with E-state index in [1.165, 1.54) is 37.7 Å². The second kappa shape index (κ2) is 6.83. The zero-order valence-electron chi connectivity index (χ0n) is 12.0. The molecule has 0 spiro atoms. The van der Waals surface area contributed by atoms with E-state index in [2.05, 4.69) is 58.0 Å². The van der Waals surface area contributed by atoms with Gasteiger partial charge < -0.3 is 0 Å². The first kappa shape index (κ1) is 14.3. The van der Waals surface area contributed by atoms with E-state index in [1.807, 2.05) is 0 Å². The molecular weight excluding hydrogens is 204 g/mol. The molecule has 0 saturated heterocycles. The fourth-order valence-corrected chi connectivity index (χ4v) is 2.69. The van der Waals surface area contributed by atoms with Gasteiger partial charge in [-0.05, 0) is 23.3 Å². The maximum atomic E-state index is 2.45. The molecule has 0 radical (unpaired) electrons. The van der Waals surface area contributed by atoms with Gasteiger partial charge in [-0.1, -0.05) is 83.7 Å². The predicted molar refractivity (Wildman–Crippen MR) is 77.4 cm³/mol. The Labute approximate surface area is 107 Å². The van der Waals surface area contributed by atoms with Gasteiger partial charge in [0.2, 0.25) is 0 Å². The van der Waals surface area contributed by atoms with Crippen LogP contribution in [-0.4, -0.2) is 0 Å². The quantitative estimate of drug-likeness (QED) is 0.539. The summed E-state index contributed by atoms with van der Waals surface area (Å²) in [6.45, 7) is 9.44. The van der Waals surface area contributed by atoms with Crippen LogP contribution in [0.25, 0.3) is 0 Å². The Balaban J connectivity index is 2.86. The Morgan fingerprint density at radius 3 is 2.24 bits per heavy atom. The average molecular weight is 232 g/mol. The van der Waals surface area contributed by atoms with Crippen molar-refractivity contribution in [2.45, 2.75) is 65.2 Å². The number of rotatable bonds is 7. The Kier molecular flexibility index (Phi) is 5.74. The van der Waals surface area contributed by atoms with Crippen molar-refractivity contribution in [3.8, 4) is 0 Å². The lowest BCUT2D eigenvalue weighted by molar-refractivity contribution is 0.276. The molecule has 0 saturated carbocycles. The molecule has 2 unspecified atom stereocenters. The molecule has 0 nitrogen and oxygen atoms in total. The second-order valence-corrected chi connectivity index (χ2v) is 5.55. The SMILES string of the molecule is CCCCCC(C)(c1ccccc1)C(C)CC. The van der Waals surface area contributed by atoms with E-state index < -0.39 is 0 Å². The maximum absolute atomic E-state index is 2.45.